The van der Waals surface area contributed by atoms with Crippen LogP contribution in [0.1, 0.15) is 149 Å². The van der Waals surface area contributed by atoms with E-state index in [1.165, 1.54) is 96.3 Å². The maximum atomic E-state index is 12.0. The summed E-state index contributed by atoms with van der Waals surface area (Å²) in [4.78, 5) is 22.8. The van der Waals surface area contributed by atoms with Crippen molar-refractivity contribution >= 4 is 11.9 Å². The number of ether oxygens (including phenoxy) is 3. The number of aliphatic hydroxyl groups excluding tert-OH is 1. The van der Waals surface area contributed by atoms with Gasteiger partial charge in [0.15, 0.2) is 0 Å². The van der Waals surface area contributed by atoms with Crippen LogP contribution in [0.4, 0.5) is 0 Å². The number of unbranched alkanes of at least 4 members (excludes halogenated alkanes) is 18. The Hall–Kier alpha value is -1.18. The Balaban J connectivity index is 3.39. The fourth-order valence-electron chi connectivity index (χ4n) is 4.43. The molecular formula is C31H61NO6. The van der Waals surface area contributed by atoms with E-state index in [1.54, 1.807) is 6.92 Å². The molecule has 2 N–H and O–H groups in total. The zero-order valence-corrected chi connectivity index (χ0v) is 25.0. The van der Waals surface area contributed by atoms with E-state index in [4.69, 9.17) is 14.2 Å². The smallest absolute Gasteiger partial charge is 0.306 e. The van der Waals surface area contributed by atoms with Gasteiger partial charge in [-0.2, -0.15) is 0 Å². The minimum Gasteiger partial charge on any atom is -0.457 e. The summed E-state index contributed by atoms with van der Waals surface area (Å²) in [6.07, 6.45) is 24.1. The first-order valence-electron chi connectivity index (χ1n) is 15.8. The highest BCUT2D eigenvalue weighted by molar-refractivity contribution is 5.72. The molecule has 0 aliphatic rings. The molecule has 7 heteroatoms. The third-order valence-electron chi connectivity index (χ3n) is 6.80. The lowest BCUT2D eigenvalue weighted by atomic mass is 10.1. The lowest BCUT2D eigenvalue weighted by molar-refractivity contribution is -0.159. The Morgan fingerprint density at radius 2 is 1.18 bits per heavy atom. The number of aliphatic hydroxyl groups is 1. The predicted molar refractivity (Wildman–Crippen MR) is 155 cm³/mol. The molecule has 0 spiro atoms. The van der Waals surface area contributed by atoms with Gasteiger partial charge in [-0.05, 0) is 19.3 Å². The predicted octanol–water partition coefficient (Wildman–Crippen LogP) is 7.23. The van der Waals surface area contributed by atoms with Crippen LogP contribution in [-0.4, -0.2) is 56.2 Å². The molecule has 0 aromatic heterocycles. The van der Waals surface area contributed by atoms with Crippen molar-refractivity contribution in [2.75, 3.05) is 33.2 Å². The summed E-state index contributed by atoms with van der Waals surface area (Å²) in [5.74, 6) is -0.194. The SMILES string of the molecule is CCCCCCCCCCCCC(=O)O[C@@H](CO)COCOCCCCCCCCCCCCNC(C)=O. The van der Waals surface area contributed by atoms with Crippen LogP contribution >= 0.6 is 0 Å². The fourth-order valence-corrected chi connectivity index (χ4v) is 4.43. The van der Waals surface area contributed by atoms with Gasteiger partial charge in [0, 0.05) is 26.5 Å². The minimum atomic E-state index is -0.619. The van der Waals surface area contributed by atoms with Crippen molar-refractivity contribution in [1.29, 1.82) is 0 Å². The average Bonchev–Trinajstić information content (AvgIpc) is 2.90. The largest absolute Gasteiger partial charge is 0.457 e. The summed E-state index contributed by atoms with van der Waals surface area (Å²) in [6, 6.07) is 0. The number of esters is 1. The van der Waals surface area contributed by atoms with E-state index >= 15 is 0 Å². The summed E-state index contributed by atoms with van der Waals surface area (Å²) >= 11 is 0. The van der Waals surface area contributed by atoms with Gasteiger partial charge < -0.3 is 24.6 Å². The van der Waals surface area contributed by atoms with Crippen LogP contribution < -0.4 is 5.32 Å². The van der Waals surface area contributed by atoms with Crippen molar-refractivity contribution in [2.24, 2.45) is 0 Å². The normalized spacial score (nSPS) is 12.0. The molecule has 0 aliphatic heterocycles. The monoisotopic (exact) mass is 543 g/mol. The quantitative estimate of drug-likeness (QED) is 0.0564. The van der Waals surface area contributed by atoms with Gasteiger partial charge in [-0.15, -0.1) is 0 Å². The van der Waals surface area contributed by atoms with E-state index in [2.05, 4.69) is 12.2 Å². The molecule has 0 saturated heterocycles. The molecular weight excluding hydrogens is 482 g/mol. The van der Waals surface area contributed by atoms with Crippen molar-refractivity contribution in [2.45, 2.75) is 155 Å². The number of carbonyl (C=O) groups excluding carboxylic acids is 2. The molecule has 7 nitrogen and oxygen atoms in total. The summed E-state index contributed by atoms with van der Waals surface area (Å²) in [7, 11) is 0. The van der Waals surface area contributed by atoms with Crippen LogP contribution in [0, 0.1) is 0 Å². The summed E-state index contributed by atoms with van der Waals surface area (Å²) in [5, 5.41) is 12.3. The van der Waals surface area contributed by atoms with Gasteiger partial charge >= 0.3 is 5.97 Å². The van der Waals surface area contributed by atoms with E-state index in [0.29, 0.717) is 13.0 Å². The summed E-state index contributed by atoms with van der Waals surface area (Å²) in [6.45, 7) is 5.36. The molecule has 1 amide bonds. The Kier molecular flexibility index (Phi) is 29.4. The topological polar surface area (TPSA) is 94.1 Å². The van der Waals surface area contributed by atoms with Gasteiger partial charge in [-0.3, -0.25) is 9.59 Å². The van der Waals surface area contributed by atoms with E-state index < -0.39 is 6.10 Å². The van der Waals surface area contributed by atoms with E-state index in [0.717, 1.165) is 38.6 Å². The van der Waals surface area contributed by atoms with Gasteiger partial charge in [0.25, 0.3) is 0 Å². The highest BCUT2D eigenvalue weighted by Gasteiger charge is 2.13. The number of rotatable bonds is 30. The second-order valence-corrected chi connectivity index (χ2v) is 10.6. The molecule has 38 heavy (non-hydrogen) atoms. The molecule has 1 atom stereocenters. The molecule has 0 aromatic rings. The third kappa shape index (κ3) is 29.4. The molecule has 0 aromatic carbocycles. The minimum absolute atomic E-state index is 0.0609. The van der Waals surface area contributed by atoms with Gasteiger partial charge in [0.2, 0.25) is 5.91 Å². The third-order valence-corrected chi connectivity index (χ3v) is 6.80. The van der Waals surface area contributed by atoms with Gasteiger partial charge in [-0.25, -0.2) is 0 Å². The number of hydrogen-bond acceptors (Lipinski definition) is 6. The van der Waals surface area contributed by atoms with Crippen LogP contribution in [0.25, 0.3) is 0 Å². The first-order valence-corrected chi connectivity index (χ1v) is 15.8. The molecule has 0 rings (SSSR count). The molecule has 0 bridgehead atoms. The van der Waals surface area contributed by atoms with Gasteiger partial charge in [0.05, 0.1) is 13.2 Å². The molecule has 0 saturated carbocycles. The molecule has 0 fully saturated rings. The Bertz CT molecular complexity index is 517. The molecule has 0 heterocycles. The van der Waals surface area contributed by atoms with E-state index in [-0.39, 0.29) is 31.9 Å². The molecule has 0 aliphatic carbocycles. The van der Waals surface area contributed by atoms with Crippen LogP contribution in [-0.2, 0) is 23.8 Å². The molecule has 0 unspecified atom stereocenters. The van der Waals surface area contributed by atoms with Gasteiger partial charge in [-0.1, -0.05) is 116 Å². The van der Waals surface area contributed by atoms with Crippen molar-refractivity contribution in [3.05, 3.63) is 0 Å². The maximum absolute atomic E-state index is 12.0. The molecule has 0 radical (unpaired) electrons. The van der Waals surface area contributed by atoms with Crippen LogP contribution in [0.5, 0.6) is 0 Å². The Morgan fingerprint density at radius 3 is 1.71 bits per heavy atom. The maximum Gasteiger partial charge on any atom is 0.306 e. The standard InChI is InChI=1S/C31H61NO6/c1-3-4-5-6-7-8-11-14-17-20-23-31(35)38-30(26-33)27-37-28-36-25-22-19-16-13-10-9-12-15-18-21-24-32-29(2)34/h30,33H,3-28H2,1-2H3,(H,32,34)/t30-/m0/s1. The zero-order chi connectivity index (χ0) is 27.9. The van der Waals surface area contributed by atoms with Crippen molar-refractivity contribution < 1.29 is 28.9 Å². The van der Waals surface area contributed by atoms with Crippen LogP contribution in [0.3, 0.4) is 0 Å². The fraction of sp³-hybridized carbons (Fsp3) is 0.935. The lowest BCUT2D eigenvalue weighted by Crippen LogP contribution is -2.27. The molecule has 226 valence electrons. The number of amides is 1. The summed E-state index contributed by atoms with van der Waals surface area (Å²) < 4.78 is 16.3. The van der Waals surface area contributed by atoms with Crippen LogP contribution in [0.15, 0.2) is 0 Å². The first-order chi connectivity index (χ1) is 18.6. The van der Waals surface area contributed by atoms with E-state index in [1.807, 2.05) is 0 Å². The van der Waals surface area contributed by atoms with Crippen molar-refractivity contribution in [1.82, 2.24) is 5.32 Å². The van der Waals surface area contributed by atoms with Crippen molar-refractivity contribution in [3.8, 4) is 0 Å². The highest BCUT2D eigenvalue weighted by Crippen LogP contribution is 2.12. The first kappa shape index (κ1) is 36.8. The average molecular weight is 544 g/mol. The zero-order valence-electron chi connectivity index (χ0n) is 25.0. The second-order valence-electron chi connectivity index (χ2n) is 10.6. The van der Waals surface area contributed by atoms with Crippen LogP contribution in [0.2, 0.25) is 0 Å². The van der Waals surface area contributed by atoms with E-state index in [9.17, 15) is 14.7 Å². The van der Waals surface area contributed by atoms with Crippen molar-refractivity contribution in [3.63, 3.8) is 0 Å². The highest BCUT2D eigenvalue weighted by atomic mass is 16.7. The number of nitrogens with one attached hydrogen (secondary N) is 1. The lowest BCUT2D eigenvalue weighted by Gasteiger charge is -2.16. The number of hydrogen-bond donors (Lipinski definition) is 2. The summed E-state index contributed by atoms with van der Waals surface area (Å²) in [5.41, 5.74) is 0. The van der Waals surface area contributed by atoms with Gasteiger partial charge in [0.1, 0.15) is 12.9 Å². The Labute approximate surface area is 234 Å². The Morgan fingerprint density at radius 1 is 0.684 bits per heavy atom. The second kappa shape index (κ2) is 30.4. The number of carbonyl (C=O) groups is 2.